The summed E-state index contributed by atoms with van der Waals surface area (Å²) in [5.74, 6) is 4.73. The molecule has 126 valence electrons. The average molecular weight is 362 g/mol. The van der Waals surface area contributed by atoms with Gasteiger partial charge in [0.15, 0.2) is 0 Å². The van der Waals surface area contributed by atoms with Gasteiger partial charge in [-0.2, -0.15) is 16.7 Å². The summed E-state index contributed by atoms with van der Waals surface area (Å²) < 4.78 is 16.1. The topological polar surface area (TPSA) is 57.4 Å². The standard InChI is InChI=1S/C17H18N2O3S2/c1-20-13-5-7-14(8-6-13)21-9-3-10-23-12-16-18-17(19-22-16)15-4-2-11-24-15/h2,4-8,11H,3,9-10,12H2,1H3. The van der Waals surface area contributed by atoms with Crippen LogP contribution in [0, 0.1) is 0 Å². The van der Waals surface area contributed by atoms with Gasteiger partial charge in [-0.25, -0.2) is 0 Å². The molecule has 1 aromatic carbocycles. The summed E-state index contributed by atoms with van der Waals surface area (Å²) in [6, 6.07) is 11.6. The van der Waals surface area contributed by atoms with Crippen molar-refractivity contribution in [3.8, 4) is 22.2 Å². The minimum absolute atomic E-state index is 0.666. The van der Waals surface area contributed by atoms with Crippen LogP contribution in [0.2, 0.25) is 0 Å². The Kier molecular flexibility index (Phi) is 6.14. The number of thiophene rings is 1. The molecule has 0 saturated carbocycles. The van der Waals surface area contributed by atoms with Gasteiger partial charge in [0, 0.05) is 0 Å². The predicted octanol–water partition coefficient (Wildman–Crippen LogP) is 4.51. The summed E-state index contributed by atoms with van der Waals surface area (Å²) in [6.45, 7) is 0.684. The zero-order valence-electron chi connectivity index (χ0n) is 13.3. The Morgan fingerprint density at radius 2 is 2.00 bits per heavy atom. The summed E-state index contributed by atoms with van der Waals surface area (Å²) in [4.78, 5) is 5.43. The number of rotatable bonds is 9. The molecule has 24 heavy (non-hydrogen) atoms. The molecule has 0 saturated heterocycles. The molecule has 0 aliphatic heterocycles. The van der Waals surface area contributed by atoms with E-state index in [1.165, 1.54) is 0 Å². The maximum Gasteiger partial charge on any atom is 0.236 e. The molecule has 0 radical (unpaired) electrons. The van der Waals surface area contributed by atoms with Gasteiger partial charge in [-0.05, 0) is 47.9 Å². The number of benzene rings is 1. The molecule has 0 aliphatic carbocycles. The Hall–Kier alpha value is -1.99. The second-order valence-corrected chi connectivity index (χ2v) is 6.97. The minimum Gasteiger partial charge on any atom is -0.497 e. The van der Waals surface area contributed by atoms with Crippen molar-refractivity contribution < 1.29 is 14.0 Å². The van der Waals surface area contributed by atoms with Gasteiger partial charge in [-0.1, -0.05) is 11.2 Å². The van der Waals surface area contributed by atoms with E-state index in [4.69, 9.17) is 14.0 Å². The Morgan fingerprint density at radius 1 is 1.17 bits per heavy atom. The van der Waals surface area contributed by atoms with Gasteiger partial charge in [-0.3, -0.25) is 0 Å². The molecule has 2 aromatic heterocycles. The third kappa shape index (κ3) is 4.75. The van der Waals surface area contributed by atoms with Crippen LogP contribution in [0.25, 0.3) is 10.7 Å². The predicted molar refractivity (Wildman–Crippen MR) is 96.9 cm³/mol. The summed E-state index contributed by atoms with van der Waals surface area (Å²) in [5.41, 5.74) is 0. The van der Waals surface area contributed by atoms with Crippen LogP contribution in [0.5, 0.6) is 11.5 Å². The lowest BCUT2D eigenvalue weighted by molar-refractivity contribution is 0.318. The van der Waals surface area contributed by atoms with Crippen LogP contribution in [0.1, 0.15) is 12.3 Å². The van der Waals surface area contributed by atoms with E-state index in [2.05, 4.69) is 10.1 Å². The summed E-state index contributed by atoms with van der Waals surface area (Å²) in [7, 11) is 1.65. The van der Waals surface area contributed by atoms with E-state index >= 15 is 0 Å². The molecule has 0 fully saturated rings. The molecular formula is C17H18N2O3S2. The van der Waals surface area contributed by atoms with Gasteiger partial charge < -0.3 is 14.0 Å². The van der Waals surface area contributed by atoms with Gasteiger partial charge in [0.25, 0.3) is 0 Å². The molecule has 3 rings (SSSR count). The zero-order valence-corrected chi connectivity index (χ0v) is 14.9. The first-order chi connectivity index (χ1) is 11.8. The molecule has 0 N–H and O–H groups in total. The van der Waals surface area contributed by atoms with Gasteiger partial charge in [0.2, 0.25) is 11.7 Å². The second-order valence-electron chi connectivity index (χ2n) is 4.92. The SMILES string of the molecule is COc1ccc(OCCCSCc2nc(-c3cccs3)no2)cc1. The second kappa shape index (κ2) is 8.75. The first kappa shape index (κ1) is 16.9. The van der Waals surface area contributed by atoms with Crippen LogP contribution < -0.4 is 9.47 Å². The Balaban J connectivity index is 1.32. The van der Waals surface area contributed by atoms with Crippen LogP contribution in [-0.2, 0) is 5.75 Å². The van der Waals surface area contributed by atoms with Crippen LogP contribution >= 0.6 is 23.1 Å². The first-order valence-electron chi connectivity index (χ1n) is 7.56. The molecule has 0 spiro atoms. The van der Waals surface area contributed by atoms with E-state index in [9.17, 15) is 0 Å². The van der Waals surface area contributed by atoms with Crippen molar-refractivity contribution in [1.82, 2.24) is 10.1 Å². The van der Waals surface area contributed by atoms with Gasteiger partial charge in [0.1, 0.15) is 11.5 Å². The van der Waals surface area contributed by atoms with Crippen molar-refractivity contribution in [3.05, 3.63) is 47.7 Å². The molecule has 0 atom stereocenters. The van der Waals surface area contributed by atoms with E-state index in [-0.39, 0.29) is 0 Å². The number of hydrogen-bond acceptors (Lipinski definition) is 7. The van der Waals surface area contributed by atoms with E-state index in [1.807, 2.05) is 41.8 Å². The number of methoxy groups -OCH3 is 1. The largest absolute Gasteiger partial charge is 0.497 e. The van der Waals surface area contributed by atoms with Crippen molar-refractivity contribution in [1.29, 1.82) is 0 Å². The van der Waals surface area contributed by atoms with Crippen LogP contribution in [0.4, 0.5) is 0 Å². The highest BCUT2D eigenvalue weighted by atomic mass is 32.2. The van der Waals surface area contributed by atoms with E-state index in [1.54, 1.807) is 30.2 Å². The molecule has 3 aromatic rings. The van der Waals surface area contributed by atoms with E-state index in [0.717, 1.165) is 34.3 Å². The lowest BCUT2D eigenvalue weighted by Crippen LogP contribution is -1.99. The maximum atomic E-state index is 5.69. The zero-order chi connectivity index (χ0) is 16.6. The summed E-state index contributed by atoms with van der Waals surface area (Å²) >= 11 is 3.37. The lowest BCUT2D eigenvalue weighted by Gasteiger charge is -2.06. The quantitative estimate of drug-likeness (QED) is 0.522. The molecular weight excluding hydrogens is 344 g/mol. The smallest absolute Gasteiger partial charge is 0.236 e. The molecule has 2 heterocycles. The number of nitrogens with zero attached hydrogens (tertiary/aromatic N) is 2. The van der Waals surface area contributed by atoms with Crippen LogP contribution in [0.15, 0.2) is 46.3 Å². The van der Waals surface area contributed by atoms with Crippen molar-refractivity contribution >= 4 is 23.1 Å². The third-order valence-electron chi connectivity index (χ3n) is 3.20. The number of thioether (sulfide) groups is 1. The number of aromatic nitrogens is 2. The van der Waals surface area contributed by atoms with Crippen LogP contribution in [0.3, 0.4) is 0 Å². The fraction of sp³-hybridized carbons (Fsp3) is 0.294. The van der Waals surface area contributed by atoms with Crippen molar-refractivity contribution in [3.63, 3.8) is 0 Å². The fourth-order valence-electron chi connectivity index (χ4n) is 2.00. The van der Waals surface area contributed by atoms with Gasteiger partial charge in [-0.15, -0.1) is 11.3 Å². The molecule has 0 aliphatic rings. The average Bonchev–Trinajstić information content (AvgIpc) is 3.29. The molecule has 0 bridgehead atoms. The van der Waals surface area contributed by atoms with Gasteiger partial charge >= 0.3 is 0 Å². The Labute approximate surface area is 149 Å². The summed E-state index contributed by atoms with van der Waals surface area (Å²) in [5, 5.41) is 6.01. The first-order valence-corrected chi connectivity index (χ1v) is 9.59. The Morgan fingerprint density at radius 3 is 2.75 bits per heavy atom. The van der Waals surface area contributed by atoms with E-state index < -0.39 is 0 Å². The van der Waals surface area contributed by atoms with Crippen LogP contribution in [-0.4, -0.2) is 29.6 Å². The van der Waals surface area contributed by atoms with Crippen molar-refractivity contribution in [2.45, 2.75) is 12.2 Å². The monoisotopic (exact) mass is 362 g/mol. The van der Waals surface area contributed by atoms with Crippen molar-refractivity contribution in [2.24, 2.45) is 0 Å². The number of hydrogen-bond donors (Lipinski definition) is 0. The minimum atomic E-state index is 0.666. The number of ether oxygens (including phenoxy) is 2. The highest BCUT2D eigenvalue weighted by Crippen LogP contribution is 2.22. The molecule has 5 nitrogen and oxygen atoms in total. The molecule has 7 heteroatoms. The van der Waals surface area contributed by atoms with E-state index in [0.29, 0.717) is 18.3 Å². The fourth-order valence-corrected chi connectivity index (χ4v) is 3.41. The Bertz CT molecular complexity index is 727. The highest BCUT2D eigenvalue weighted by Gasteiger charge is 2.09. The third-order valence-corrected chi connectivity index (χ3v) is 5.09. The molecule has 0 amide bonds. The molecule has 0 unspecified atom stereocenters. The normalized spacial score (nSPS) is 10.7. The lowest BCUT2D eigenvalue weighted by atomic mass is 10.3. The highest BCUT2D eigenvalue weighted by molar-refractivity contribution is 7.98. The van der Waals surface area contributed by atoms with Gasteiger partial charge in [0.05, 0.1) is 24.3 Å². The summed E-state index contributed by atoms with van der Waals surface area (Å²) in [6.07, 6.45) is 0.961. The maximum absolute atomic E-state index is 5.69. The van der Waals surface area contributed by atoms with Crippen molar-refractivity contribution in [2.75, 3.05) is 19.5 Å².